The quantitative estimate of drug-likeness (QED) is 0.544. The van der Waals surface area contributed by atoms with Crippen molar-refractivity contribution >= 4 is 41.3 Å². The topological polar surface area (TPSA) is 93.2 Å². The van der Waals surface area contributed by atoms with Gasteiger partial charge in [-0.15, -0.1) is 12.8 Å². The summed E-state index contributed by atoms with van der Waals surface area (Å²) in [7, 11) is 0. The minimum atomic E-state index is -0.325. The molecule has 0 radical (unpaired) electrons. The normalized spacial score (nSPS) is 17.0. The Hall–Kier alpha value is -2.95. The van der Waals surface area contributed by atoms with Crippen LogP contribution in [0.1, 0.15) is 31.4 Å². The summed E-state index contributed by atoms with van der Waals surface area (Å²) in [5.74, 6) is 0.909. The van der Waals surface area contributed by atoms with Crippen LogP contribution in [0.3, 0.4) is 0 Å². The van der Waals surface area contributed by atoms with Crippen LogP contribution in [0.4, 0.5) is 5.82 Å². The molecule has 1 unspecified atom stereocenters. The molecular weight excluding hydrogens is 425 g/mol. The molecule has 2 aliphatic rings. The highest BCUT2D eigenvalue weighted by molar-refractivity contribution is 6.42. The van der Waals surface area contributed by atoms with Gasteiger partial charge in [-0.05, 0) is 37.5 Å². The Bertz CT molecular complexity index is 961. The molecular formula is C21H23Cl2N5O2. The summed E-state index contributed by atoms with van der Waals surface area (Å²) >= 11 is 12.3. The molecule has 0 spiro atoms. The number of nitrogens with two attached hydrogens (primary N) is 1. The molecule has 3 N–H and O–H groups in total. The lowest BCUT2D eigenvalue weighted by atomic mass is 9.94. The van der Waals surface area contributed by atoms with Crippen LogP contribution in [-0.4, -0.2) is 40.1 Å². The maximum Gasteiger partial charge on any atom is 0.254 e. The van der Waals surface area contributed by atoms with Crippen molar-refractivity contribution in [2.75, 3.05) is 18.4 Å². The number of allylic oxidation sites excluding steroid dienone is 1. The molecule has 1 atom stereocenters. The second kappa shape index (κ2) is 10.7. The standard InChI is InChI=1S/C18H18Cl2N4O.C2H2.CH3NO/c1-11-16(18(25)23-8-2-3-9-23)17(24-15(22-11)6-7-21-24)12-4-5-13(19)14(20)10-12;1-2;2-1-3/h4-7,10,17,22H,2-3,8-9H2,1H3;1-2H;1H,(H2,2,3). The second-order valence-corrected chi connectivity index (χ2v) is 7.35. The molecule has 30 heavy (non-hydrogen) atoms. The number of hydrogen-bond acceptors (Lipinski definition) is 4. The number of carbonyl (C=O) groups excluding carboxylic acids is 2. The Morgan fingerprint density at radius 1 is 1.23 bits per heavy atom. The minimum absolute atomic E-state index is 0.0553. The highest BCUT2D eigenvalue weighted by Gasteiger charge is 2.35. The summed E-state index contributed by atoms with van der Waals surface area (Å²) < 4.78 is 1.83. The van der Waals surface area contributed by atoms with Crippen LogP contribution in [0.5, 0.6) is 0 Å². The molecule has 158 valence electrons. The smallest absolute Gasteiger partial charge is 0.254 e. The lowest BCUT2D eigenvalue weighted by molar-refractivity contribution is -0.126. The molecule has 1 aromatic carbocycles. The van der Waals surface area contributed by atoms with Gasteiger partial charge in [-0.3, -0.25) is 9.59 Å². The fourth-order valence-electron chi connectivity index (χ4n) is 3.56. The van der Waals surface area contributed by atoms with Gasteiger partial charge in [0.25, 0.3) is 5.91 Å². The van der Waals surface area contributed by atoms with Crippen LogP contribution in [0, 0.1) is 12.8 Å². The Morgan fingerprint density at radius 3 is 2.47 bits per heavy atom. The first-order chi connectivity index (χ1) is 14.5. The van der Waals surface area contributed by atoms with E-state index < -0.39 is 0 Å². The van der Waals surface area contributed by atoms with E-state index in [0.717, 1.165) is 43.0 Å². The van der Waals surface area contributed by atoms with Gasteiger partial charge in [0.1, 0.15) is 11.9 Å². The molecule has 0 bridgehead atoms. The lowest BCUT2D eigenvalue weighted by Crippen LogP contribution is -2.36. The van der Waals surface area contributed by atoms with E-state index in [0.29, 0.717) is 15.6 Å². The van der Waals surface area contributed by atoms with Gasteiger partial charge in [-0.1, -0.05) is 29.3 Å². The highest BCUT2D eigenvalue weighted by Crippen LogP contribution is 2.38. The summed E-state index contributed by atoms with van der Waals surface area (Å²) in [4.78, 5) is 23.7. The number of likely N-dealkylation sites (tertiary alicyclic amines) is 1. The number of halogens is 2. The molecule has 2 aliphatic heterocycles. The summed E-state index contributed by atoms with van der Waals surface area (Å²) in [6.45, 7) is 3.54. The lowest BCUT2D eigenvalue weighted by Gasteiger charge is -2.32. The Morgan fingerprint density at radius 2 is 1.87 bits per heavy atom. The predicted molar refractivity (Wildman–Crippen MR) is 119 cm³/mol. The van der Waals surface area contributed by atoms with Gasteiger partial charge in [0.15, 0.2) is 0 Å². The average Bonchev–Trinajstić information content (AvgIpc) is 3.43. The zero-order valence-corrected chi connectivity index (χ0v) is 18.0. The molecule has 0 saturated carbocycles. The van der Waals surface area contributed by atoms with Crippen molar-refractivity contribution < 1.29 is 9.59 Å². The van der Waals surface area contributed by atoms with Gasteiger partial charge in [0.05, 0.1) is 21.8 Å². The monoisotopic (exact) mass is 447 g/mol. The van der Waals surface area contributed by atoms with E-state index in [4.69, 9.17) is 28.0 Å². The van der Waals surface area contributed by atoms with Crippen molar-refractivity contribution in [1.82, 2.24) is 14.7 Å². The third-order valence-corrected chi connectivity index (χ3v) is 5.53. The molecule has 4 rings (SSSR count). The Balaban J connectivity index is 0.000000590. The third kappa shape index (κ3) is 4.78. The van der Waals surface area contributed by atoms with Crippen LogP contribution in [0.2, 0.25) is 10.0 Å². The molecule has 1 aromatic heterocycles. The molecule has 2 aromatic rings. The van der Waals surface area contributed by atoms with E-state index in [-0.39, 0.29) is 18.4 Å². The van der Waals surface area contributed by atoms with Gasteiger partial charge in [-0.25, -0.2) is 4.68 Å². The number of anilines is 1. The largest absolute Gasteiger partial charge is 0.372 e. The fraction of sp³-hybridized carbons (Fsp3) is 0.286. The predicted octanol–water partition coefficient (Wildman–Crippen LogP) is 3.45. The number of terminal acetylenes is 1. The first-order valence-corrected chi connectivity index (χ1v) is 9.97. The maximum atomic E-state index is 13.2. The summed E-state index contributed by atoms with van der Waals surface area (Å²) in [6, 6.07) is 7.05. The first-order valence-electron chi connectivity index (χ1n) is 9.22. The second-order valence-electron chi connectivity index (χ2n) is 6.54. The number of nitrogens with one attached hydrogen (secondary N) is 1. The number of carbonyl (C=O) groups is 2. The molecule has 7 nitrogen and oxygen atoms in total. The van der Waals surface area contributed by atoms with Gasteiger partial charge in [0.2, 0.25) is 6.41 Å². The summed E-state index contributed by atoms with van der Waals surface area (Å²) in [5, 5.41) is 8.69. The van der Waals surface area contributed by atoms with Crippen molar-refractivity contribution in [3.8, 4) is 12.8 Å². The Labute approximate surface area is 185 Å². The van der Waals surface area contributed by atoms with Crippen molar-refractivity contribution in [3.05, 3.63) is 57.3 Å². The van der Waals surface area contributed by atoms with Gasteiger partial charge < -0.3 is 16.0 Å². The first kappa shape index (κ1) is 23.3. The van der Waals surface area contributed by atoms with Crippen molar-refractivity contribution in [3.63, 3.8) is 0 Å². The number of fused-ring (bicyclic) bond motifs is 1. The van der Waals surface area contributed by atoms with Crippen LogP contribution < -0.4 is 11.1 Å². The third-order valence-electron chi connectivity index (χ3n) is 4.79. The molecule has 1 saturated heterocycles. The fourth-order valence-corrected chi connectivity index (χ4v) is 3.87. The SMILES string of the molecule is C#C.CC1=C(C(=O)N2CCCC2)C(c2ccc(Cl)c(Cl)c2)n2nccc2N1.NC=O. The molecule has 0 aliphatic carbocycles. The van der Waals surface area contributed by atoms with E-state index >= 15 is 0 Å². The van der Waals surface area contributed by atoms with Gasteiger partial charge in [0, 0.05) is 24.9 Å². The number of aromatic nitrogens is 2. The Kier molecular flexibility index (Phi) is 8.34. The van der Waals surface area contributed by atoms with Crippen LogP contribution in [0.25, 0.3) is 0 Å². The molecule has 3 heterocycles. The minimum Gasteiger partial charge on any atom is -0.372 e. The summed E-state index contributed by atoms with van der Waals surface area (Å²) in [6.07, 6.45) is 12.1. The highest BCUT2D eigenvalue weighted by atomic mass is 35.5. The van der Waals surface area contributed by atoms with E-state index in [9.17, 15) is 4.79 Å². The maximum absolute atomic E-state index is 13.2. The van der Waals surface area contributed by atoms with Crippen molar-refractivity contribution in [2.45, 2.75) is 25.8 Å². The van der Waals surface area contributed by atoms with Crippen molar-refractivity contribution in [1.29, 1.82) is 0 Å². The van der Waals surface area contributed by atoms with Gasteiger partial charge >= 0.3 is 0 Å². The number of nitrogens with zero attached hydrogens (tertiary/aromatic N) is 3. The number of rotatable bonds is 2. The zero-order valence-electron chi connectivity index (χ0n) is 16.5. The van der Waals surface area contributed by atoms with Crippen molar-refractivity contribution in [2.24, 2.45) is 5.73 Å². The van der Waals surface area contributed by atoms with Gasteiger partial charge in [-0.2, -0.15) is 5.10 Å². The van der Waals surface area contributed by atoms with E-state index in [1.807, 2.05) is 34.7 Å². The number of amides is 2. The molecule has 1 fully saturated rings. The van der Waals surface area contributed by atoms with E-state index in [1.165, 1.54) is 0 Å². The zero-order chi connectivity index (χ0) is 22.3. The van der Waals surface area contributed by atoms with Crippen LogP contribution in [0.15, 0.2) is 41.7 Å². The summed E-state index contributed by atoms with van der Waals surface area (Å²) in [5.41, 5.74) is 6.61. The number of benzene rings is 1. The van der Waals surface area contributed by atoms with Crippen LogP contribution in [-0.2, 0) is 9.59 Å². The molecule has 2 amide bonds. The number of hydrogen-bond donors (Lipinski definition) is 2. The van der Waals surface area contributed by atoms with Crippen LogP contribution >= 0.6 is 23.2 Å². The van der Waals surface area contributed by atoms with E-state index in [2.05, 4.69) is 29.0 Å². The average molecular weight is 448 g/mol. The van der Waals surface area contributed by atoms with E-state index in [1.54, 1.807) is 12.3 Å². The molecule has 9 heteroatoms. The number of primary amides is 1.